The molecular weight excluding hydrogens is 473 g/mol. The summed E-state index contributed by atoms with van der Waals surface area (Å²) in [5, 5.41) is 0.152. The number of fused-ring (bicyclic) bond motifs is 1. The molecule has 1 aromatic carbocycles. The summed E-state index contributed by atoms with van der Waals surface area (Å²) < 4.78 is 35.9. The number of benzene rings is 1. The molecule has 0 fully saturated rings. The van der Waals surface area contributed by atoms with Gasteiger partial charge in [-0.05, 0) is 12.5 Å². The van der Waals surface area contributed by atoms with Crippen molar-refractivity contribution in [3.63, 3.8) is 0 Å². The Morgan fingerprint density at radius 2 is 2.00 bits per heavy atom. The Kier molecular flexibility index (Phi) is 8.77. The van der Waals surface area contributed by atoms with Crippen LogP contribution in [-0.2, 0) is 36.5 Å². The maximum Gasteiger partial charge on any atom is 0.353 e. The van der Waals surface area contributed by atoms with Crippen molar-refractivity contribution in [2.45, 2.75) is 25.7 Å². The molecule has 3 N–H and O–H groups in total. The fourth-order valence-electron chi connectivity index (χ4n) is 2.97. The van der Waals surface area contributed by atoms with Crippen molar-refractivity contribution in [2.75, 3.05) is 39.0 Å². The molecule has 11 nitrogen and oxygen atoms in total. The molecule has 0 aliphatic carbocycles. The second-order valence-electron chi connectivity index (χ2n) is 7.59. The smallest absolute Gasteiger partial charge is 0.353 e. The van der Waals surface area contributed by atoms with Gasteiger partial charge in [0.1, 0.15) is 17.5 Å². The third-order valence-corrected chi connectivity index (χ3v) is 5.93. The van der Waals surface area contributed by atoms with Gasteiger partial charge in [-0.3, -0.25) is 4.57 Å². The van der Waals surface area contributed by atoms with Gasteiger partial charge < -0.3 is 33.9 Å². The SMILES string of the molecule is COC[C@](C)(COP(=O)(O)COCCn1cnc2c(Cl)nc(N)nc21)OCc1ccccc1. The summed E-state index contributed by atoms with van der Waals surface area (Å²) in [6.45, 7) is 2.52. The van der Waals surface area contributed by atoms with E-state index in [1.54, 1.807) is 11.5 Å². The van der Waals surface area contributed by atoms with E-state index < -0.39 is 19.5 Å². The molecule has 2 atom stereocenters. The average Bonchev–Trinajstić information content (AvgIpc) is 3.18. The van der Waals surface area contributed by atoms with E-state index >= 15 is 0 Å². The molecule has 0 aliphatic rings. The number of hydrogen-bond acceptors (Lipinski definition) is 9. The number of imidazole rings is 1. The normalized spacial score (nSPS) is 15.4. The quantitative estimate of drug-likeness (QED) is 0.204. The zero-order valence-corrected chi connectivity index (χ0v) is 20.0. The van der Waals surface area contributed by atoms with Gasteiger partial charge in [-0.15, -0.1) is 0 Å². The van der Waals surface area contributed by atoms with Crippen molar-refractivity contribution in [2.24, 2.45) is 0 Å². The number of nitrogens with two attached hydrogens (primary N) is 1. The maximum atomic E-state index is 12.4. The number of hydrogen-bond donors (Lipinski definition) is 2. The minimum Gasteiger partial charge on any atom is -0.382 e. The Hall–Kier alpha value is -2.11. The number of methoxy groups -OCH3 is 1. The van der Waals surface area contributed by atoms with Crippen LogP contribution in [-0.4, -0.2) is 63.3 Å². The zero-order chi connectivity index (χ0) is 23.9. The fourth-order valence-corrected chi connectivity index (χ4v) is 4.10. The number of aromatic nitrogens is 4. The van der Waals surface area contributed by atoms with E-state index in [0.29, 0.717) is 24.3 Å². The minimum absolute atomic E-state index is 0.0250. The highest BCUT2D eigenvalue weighted by Crippen LogP contribution is 2.42. The van der Waals surface area contributed by atoms with Gasteiger partial charge in [0.2, 0.25) is 5.95 Å². The largest absolute Gasteiger partial charge is 0.382 e. The molecule has 0 aliphatic heterocycles. The van der Waals surface area contributed by atoms with E-state index in [4.69, 9.17) is 36.1 Å². The van der Waals surface area contributed by atoms with Crippen LogP contribution in [0.1, 0.15) is 12.5 Å². The van der Waals surface area contributed by atoms with Gasteiger partial charge >= 0.3 is 7.60 Å². The summed E-state index contributed by atoms with van der Waals surface area (Å²) in [5.74, 6) is 0.0250. The van der Waals surface area contributed by atoms with Crippen LogP contribution in [0.3, 0.4) is 0 Å². The molecule has 0 saturated carbocycles. The van der Waals surface area contributed by atoms with Gasteiger partial charge in [-0.2, -0.15) is 9.97 Å². The second kappa shape index (κ2) is 11.3. The van der Waals surface area contributed by atoms with Crippen LogP contribution in [0.25, 0.3) is 11.2 Å². The Morgan fingerprint density at radius 3 is 2.73 bits per heavy atom. The van der Waals surface area contributed by atoms with E-state index in [9.17, 15) is 9.46 Å². The number of ether oxygens (including phenoxy) is 3. The number of anilines is 1. The first-order valence-corrected chi connectivity index (χ1v) is 12.2. The summed E-state index contributed by atoms with van der Waals surface area (Å²) in [4.78, 5) is 22.3. The lowest BCUT2D eigenvalue weighted by Gasteiger charge is -2.29. The predicted octanol–water partition coefficient (Wildman–Crippen LogP) is 2.86. The minimum atomic E-state index is -4.03. The highest BCUT2D eigenvalue weighted by molar-refractivity contribution is 7.52. The van der Waals surface area contributed by atoms with E-state index in [0.717, 1.165) is 5.56 Å². The van der Waals surface area contributed by atoms with Crippen LogP contribution in [0, 0.1) is 0 Å². The molecule has 0 bridgehead atoms. The molecule has 2 heterocycles. The highest BCUT2D eigenvalue weighted by Gasteiger charge is 2.31. The molecule has 1 unspecified atom stereocenters. The molecule has 33 heavy (non-hydrogen) atoms. The van der Waals surface area contributed by atoms with Crippen molar-refractivity contribution in [3.05, 3.63) is 47.4 Å². The standard InChI is InChI=1S/C20H27ClN5O6P/c1-20(11-29-2,31-10-15-6-4-3-5-7-15)12-32-33(27,28)14-30-9-8-26-13-23-16-17(21)24-19(22)25-18(16)26/h3-7,13H,8-12,14H2,1-2H3,(H,27,28)(H2,22,24,25)/t20-/m1/s1. The molecule has 0 radical (unpaired) electrons. The topological polar surface area (TPSA) is 144 Å². The average molecular weight is 500 g/mol. The van der Waals surface area contributed by atoms with Crippen LogP contribution in [0.4, 0.5) is 5.95 Å². The third kappa shape index (κ3) is 7.44. The molecular formula is C20H27ClN5O6P. The highest BCUT2D eigenvalue weighted by atomic mass is 35.5. The number of nitrogens with zero attached hydrogens (tertiary/aromatic N) is 4. The molecule has 3 aromatic rings. The lowest BCUT2D eigenvalue weighted by atomic mass is 10.1. The van der Waals surface area contributed by atoms with Gasteiger partial charge in [0.05, 0.1) is 32.8 Å². The Balaban J connectivity index is 1.48. The fraction of sp³-hybridized carbons (Fsp3) is 0.450. The zero-order valence-electron chi connectivity index (χ0n) is 18.4. The lowest BCUT2D eigenvalue weighted by Crippen LogP contribution is -2.39. The first-order valence-electron chi connectivity index (χ1n) is 10.1. The summed E-state index contributed by atoms with van der Waals surface area (Å²) in [6.07, 6.45) is 1.03. The third-order valence-electron chi connectivity index (χ3n) is 4.62. The van der Waals surface area contributed by atoms with Crippen molar-refractivity contribution >= 4 is 36.3 Å². The molecule has 0 amide bonds. The van der Waals surface area contributed by atoms with Crippen molar-refractivity contribution in [3.8, 4) is 0 Å². The Morgan fingerprint density at radius 1 is 1.24 bits per heavy atom. The molecule has 3 rings (SSSR count). The molecule has 180 valence electrons. The van der Waals surface area contributed by atoms with Crippen LogP contribution in [0.2, 0.25) is 5.15 Å². The van der Waals surface area contributed by atoms with E-state index in [2.05, 4.69) is 15.0 Å². The summed E-state index contributed by atoms with van der Waals surface area (Å²) in [7, 11) is -2.50. The van der Waals surface area contributed by atoms with E-state index in [1.165, 1.54) is 13.4 Å². The van der Waals surface area contributed by atoms with Crippen LogP contribution in [0.15, 0.2) is 36.7 Å². The van der Waals surface area contributed by atoms with Gasteiger partial charge in [-0.25, -0.2) is 4.98 Å². The molecule has 0 saturated heterocycles. The van der Waals surface area contributed by atoms with E-state index in [1.807, 2.05) is 30.3 Å². The van der Waals surface area contributed by atoms with Crippen molar-refractivity contribution < 1.29 is 28.2 Å². The monoisotopic (exact) mass is 499 g/mol. The summed E-state index contributed by atoms with van der Waals surface area (Å²) in [6, 6.07) is 9.58. The second-order valence-corrected chi connectivity index (χ2v) is 9.74. The molecule has 0 spiro atoms. The van der Waals surface area contributed by atoms with Crippen molar-refractivity contribution in [1.82, 2.24) is 19.5 Å². The van der Waals surface area contributed by atoms with E-state index in [-0.39, 0.29) is 30.9 Å². The maximum absolute atomic E-state index is 12.4. The Bertz CT molecular complexity index is 1100. The van der Waals surface area contributed by atoms with Gasteiger partial charge in [-0.1, -0.05) is 41.9 Å². The Labute approximate surface area is 196 Å². The van der Waals surface area contributed by atoms with Gasteiger partial charge in [0, 0.05) is 13.7 Å². The first kappa shape index (κ1) is 25.5. The number of rotatable bonds is 13. The molecule has 13 heteroatoms. The van der Waals surface area contributed by atoms with Crippen LogP contribution < -0.4 is 5.73 Å². The van der Waals surface area contributed by atoms with Gasteiger partial charge in [0.15, 0.2) is 10.8 Å². The predicted molar refractivity (Wildman–Crippen MR) is 123 cm³/mol. The molecule has 2 aromatic heterocycles. The van der Waals surface area contributed by atoms with Crippen LogP contribution in [0.5, 0.6) is 0 Å². The number of nitrogen functional groups attached to an aromatic ring is 1. The summed E-state index contributed by atoms with van der Waals surface area (Å²) >= 11 is 6.00. The van der Waals surface area contributed by atoms with Crippen molar-refractivity contribution in [1.29, 1.82) is 0 Å². The lowest BCUT2D eigenvalue weighted by molar-refractivity contribution is -0.109. The van der Waals surface area contributed by atoms with Gasteiger partial charge in [0.25, 0.3) is 0 Å². The number of halogens is 1. The summed E-state index contributed by atoms with van der Waals surface area (Å²) in [5.41, 5.74) is 6.54. The van der Waals surface area contributed by atoms with Crippen LogP contribution >= 0.6 is 19.2 Å². The first-order chi connectivity index (χ1) is 15.7.